The predicted octanol–water partition coefficient (Wildman–Crippen LogP) is 0.108. The molecule has 5 heteroatoms. The van der Waals surface area contributed by atoms with Crippen molar-refractivity contribution in [2.45, 2.75) is 44.7 Å². The Bertz CT molecular complexity index is 237. The molecule has 0 aliphatic carbocycles. The largest absolute Gasteiger partial charge is 0.480 e. The maximum Gasteiger partial charge on any atom is 0.326 e. The molecule has 0 spiro atoms. The average Bonchev–Trinajstić information content (AvgIpc) is 2.69. The van der Waals surface area contributed by atoms with E-state index in [1.807, 2.05) is 6.92 Å². The molecule has 0 radical (unpaired) electrons. The Balaban J connectivity index is 2.42. The van der Waals surface area contributed by atoms with E-state index in [0.717, 1.165) is 25.8 Å². The minimum atomic E-state index is -0.955. The molecule has 5 nitrogen and oxygen atoms in total. The first-order valence-electron chi connectivity index (χ1n) is 5.41. The van der Waals surface area contributed by atoms with Gasteiger partial charge in [0.1, 0.15) is 6.04 Å². The summed E-state index contributed by atoms with van der Waals surface area (Å²) in [6.07, 6.45) is 3.00. The summed E-state index contributed by atoms with van der Waals surface area (Å²) in [6.45, 7) is 2.74. The van der Waals surface area contributed by atoms with Crippen molar-refractivity contribution >= 4 is 11.9 Å². The van der Waals surface area contributed by atoms with Gasteiger partial charge in [0, 0.05) is 0 Å². The lowest BCUT2D eigenvalue weighted by atomic mass is 10.1. The Morgan fingerprint density at radius 3 is 2.80 bits per heavy atom. The van der Waals surface area contributed by atoms with Gasteiger partial charge in [0.15, 0.2) is 0 Å². The number of carboxylic acids is 1. The fraction of sp³-hybridized carbons (Fsp3) is 0.800. The van der Waals surface area contributed by atoms with Crippen LogP contribution in [0.2, 0.25) is 0 Å². The van der Waals surface area contributed by atoms with E-state index in [0.29, 0.717) is 6.42 Å². The molecule has 0 aromatic rings. The van der Waals surface area contributed by atoms with Crippen molar-refractivity contribution < 1.29 is 14.7 Å². The Kier molecular flexibility index (Phi) is 4.55. The Labute approximate surface area is 89.2 Å². The normalized spacial score (nSPS) is 22.3. The molecule has 1 heterocycles. The molecule has 1 aliphatic heterocycles. The molecule has 0 bridgehead atoms. The third-order valence-corrected chi connectivity index (χ3v) is 2.57. The summed E-state index contributed by atoms with van der Waals surface area (Å²) < 4.78 is 0. The van der Waals surface area contributed by atoms with E-state index in [4.69, 9.17) is 5.11 Å². The summed E-state index contributed by atoms with van der Waals surface area (Å²) in [5.74, 6) is -1.14. The fourth-order valence-electron chi connectivity index (χ4n) is 1.73. The predicted molar refractivity (Wildman–Crippen MR) is 55.5 cm³/mol. The van der Waals surface area contributed by atoms with Gasteiger partial charge >= 0.3 is 5.97 Å². The fourth-order valence-corrected chi connectivity index (χ4v) is 1.73. The van der Waals surface area contributed by atoms with Crippen LogP contribution in [-0.4, -0.2) is 35.6 Å². The quantitative estimate of drug-likeness (QED) is 0.607. The molecule has 2 atom stereocenters. The molecular formula is C10H18N2O3. The highest BCUT2D eigenvalue weighted by Crippen LogP contribution is 2.06. The van der Waals surface area contributed by atoms with Gasteiger partial charge in [-0.05, 0) is 25.8 Å². The van der Waals surface area contributed by atoms with Gasteiger partial charge in [-0.2, -0.15) is 0 Å². The van der Waals surface area contributed by atoms with Gasteiger partial charge in [0.25, 0.3) is 0 Å². The molecular weight excluding hydrogens is 196 g/mol. The summed E-state index contributed by atoms with van der Waals surface area (Å²) in [5.41, 5.74) is 0. The Morgan fingerprint density at radius 2 is 2.33 bits per heavy atom. The molecule has 0 saturated carbocycles. The second-order valence-electron chi connectivity index (χ2n) is 3.84. The van der Waals surface area contributed by atoms with Gasteiger partial charge < -0.3 is 15.7 Å². The first-order chi connectivity index (χ1) is 7.15. The van der Waals surface area contributed by atoms with Crippen LogP contribution in [0.4, 0.5) is 0 Å². The van der Waals surface area contributed by atoms with Gasteiger partial charge in [-0.3, -0.25) is 4.79 Å². The summed E-state index contributed by atoms with van der Waals surface area (Å²) >= 11 is 0. The van der Waals surface area contributed by atoms with Gasteiger partial charge in [-0.25, -0.2) is 4.79 Å². The molecule has 1 rings (SSSR count). The molecule has 86 valence electrons. The Morgan fingerprint density at radius 1 is 1.60 bits per heavy atom. The number of hydrogen-bond donors (Lipinski definition) is 3. The van der Waals surface area contributed by atoms with Crippen molar-refractivity contribution in [2.75, 3.05) is 6.54 Å². The van der Waals surface area contributed by atoms with Gasteiger partial charge in [0.2, 0.25) is 5.91 Å². The zero-order valence-corrected chi connectivity index (χ0v) is 8.95. The number of carbonyl (C=O) groups is 2. The summed E-state index contributed by atoms with van der Waals surface area (Å²) in [4.78, 5) is 22.4. The van der Waals surface area contributed by atoms with E-state index in [2.05, 4.69) is 10.6 Å². The van der Waals surface area contributed by atoms with Crippen molar-refractivity contribution in [2.24, 2.45) is 0 Å². The monoisotopic (exact) mass is 214 g/mol. The van der Waals surface area contributed by atoms with Crippen LogP contribution < -0.4 is 10.6 Å². The summed E-state index contributed by atoms with van der Waals surface area (Å²) in [5, 5.41) is 14.5. The molecule has 1 fully saturated rings. The molecule has 1 aliphatic rings. The zero-order chi connectivity index (χ0) is 11.3. The highest BCUT2D eigenvalue weighted by molar-refractivity contribution is 5.87. The number of carboxylic acid groups (broad SMARTS) is 1. The van der Waals surface area contributed by atoms with Crippen molar-refractivity contribution in [1.29, 1.82) is 0 Å². The number of nitrogens with one attached hydrogen (secondary N) is 2. The van der Waals surface area contributed by atoms with Crippen LogP contribution in [0.15, 0.2) is 0 Å². The van der Waals surface area contributed by atoms with Crippen LogP contribution in [0.25, 0.3) is 0 Å². The van der Waals surface area contributed by atoms with Crippen molar-refractivity contribution in [3.05, 3.63) is 0 Å². The second-order valence-corrected chi connectivity index (χ2v) is 3.84. The van der Waals surface area contributed by atoms with Gasteiger partial charge in [0.05, 0.1) is 6.04 Å². The maximum atomic E-state index is 11.6. The highest BCUT2D eigenvalue weighted by atomic mass is 16.4. The van der Waals surface area contributed by atoms with Crippen LogP contribution in [-0.2, 0) is 9.59 Å². The molecule has 3 N–H and O–H groups in total. The van der Waals surface area contributed by atoms with Crippen molar-refractivity contribution in [1.82, 2.24) is 10.6 Å². The van der Waals surface area contributed by atoms with Crippen LogP contribution >= 0.6 is 0 Å². The lowest BCUT2D eigenvalue weighted by Gasteiger charge is -2.16. The molecule has 15 heavy (non-hydrogen) atoms. The first-order valence-corrected chi connectivity index (χ1v) is 5.41. The summed E-state index contributed by atoms with van der Waals surface area (Å²) in [7, 11) is 0. The smallest absolute Gasteiger partial charge is 0.326 e. The molecule has 1 saturated heterocycles. The Hall–Kier alpha value is -1.10. The van der Waals surface area contributed by atoms with E-state index in [-0.39, 0.29) is 11.9 Å². The van der Waals surface area contributed by atoms with Gasteiger partial charge in [-0.15, -0.1) is 0 Å². The van der Waals surface area contributed by atoms with Crippen molar-refractivity contribution in [3.63, 3.8) is 0 Å². The van der Waals surface area contributed by atoms with E-state index >= 15 is 0 Å². The number of rotatable bonds is 5. The third-order valence-electron chi connectivity index (χ3n) is 2.57. The highest BCUT2D eigenvalue weighted by Gasteiger charge is 2.26. The van der Waals surface area contributed by atoms with Crippen LogP contribution in [0.1, 0.15) is 32.6 Å². The van der Waals surface area contributed by atoms with Gasteiger partial charge in [-0.1, -0.05) is 13.3 Å². The van der Waals surface area contributed by atoms with E-state index < -0.39 is 12.0 Å². The van der Waals surface area contributed by atoms with Crippen LogP contribution in [0.3, 0.4) is 0 Å². The van der Waals surface area contributed by atoms with Crippen molar-refractivity contribution in [3.8, 4) is 0 Å². The lowest BCUT2D eigenvalue weighted by molar-refractivity contribution is -0.142. The topological polar surface area (TPSA) is 78.4 Å². The average molecular weight is 214 g/mol. The molecule has 0 aromatic carbocycles. The van der Waals surface area contributed by atoms with E-state index in [1.165, 1.54) is 0 Å². The number of carbonyl (C=O) groups excluding carboxylic acids is 1. The SMILES string of the molecule is CCC[C@@H](NC(=O)[C@@H]1CCCN1)C(=O)O. The maximum absolute atomic E-state index is 11.6. The number of aliphatic carboxylic acids is 1. The minimum Gasteiger partial charge on any atom is -0.480 e. The number of hydrogen-bond acceptors (Lipinski definition) is 3. The number of amides is 1. The van der Waals surface area contributed by atoms with Crippen LogP contribution in [0.5, 0.6) is 0 Å². The standard InChI is InChI=1S/C10H18N2O3/c1-2-4-8(10(14)15)12-9(13)7-5-3-6-11-7/h7-8,11H,2-6H2,1H3,(H,12,13)(H,14,15)/t7-,8+/m0/s1. The molecule has 0 unspecified atom stereocenters. The lowest BCUT2D eigenvalue weighted by Crippen LogP contribution is -2.48. The molecule has 1 amide bonds. The second kappa shape index (κ2) is 5.70. The van der Waals surface area contributed by atoms with E-state index in [9.17, 15) is 9.59 Å². The molecule has 0 aromatic heterocycles. The van der Waals surface area contributed by atoms with E-state index in [1.54, 1.807) is 0 Å². The minimum absolute atomic E-state index is 0.187. The first kappa shape index (κ1) is 12.0. The summed E-state index contributed by atoms with van der Waals surface area (Å²) in [6, 6.07) is -0.950. The third kappa shape index (κ3) is 3.51. The van der Waals surface area contributed by atoms with Crippen LogP contribution in [0, 0.1) is 0 Å². The zero-order valence-electron chi connectivity index (χ0n) is 8.95.